The number of rotatable bonds is 7. The Bertz CT molecular complexity index is 746. The summed E-state index contributed by atoms with van der Waals surface area (Å²) in [5, 5.41) is 2.90. The Kier molecular flexibility index (Phi) is 5.28. The van der Waals surface area contributed by atoms with Crippen molar-refractivity contribution in [2.24, 2.45) is 0 Å². The highest BCUT2D eigenvalue weighted by Crippen LogP contribution is 2.32. The van der Waals surface area contributed by atoms with E-state index < -0.39 is 6.10 Å². The molecule has 0 saturated carbocycles. The molecule has 0 aromatic heterocycles. The number of benzene rings is 2. The topological polar surface area (TPSA) is 66.0 Å². The third-order valence-corrected chi connectivity index (χ3v) is 3.89. The number of methoxy groups -OCH3 is 1. The van der Waals surface area contributed by atoms with Crippen molar-refractivity contribution in [2.45, 2.75) is 26.0 Å². The van der Waals surface area contributed by atoms with Crippen LogP contribution in [0.25, 0.3) is 0 Å². The number of ether oxygens (including phenoxy) is 4. The van der Waals surface area contributed by atoms with Crippen molar-refractivity contribution >= 4 is 5.91 Å². The number of hydrogen-bond acceptors (Lipinski definition) is 5. The summed E-state index contributed by atoms with van der Waals surface area (Å²) in [5.41, 5.74) is 0.939. The van der Waals surface area contributed by atoms with Crippen LogP contribution >= 0.6 is 0 Å². The molecule has 25 heavy (non-hydrogen) atoms. The minimum Gasteiger partial charge on any atom is -0.497 e. The van der Waals surface area contributed by atoms with Crippen molar-refractivity contribution in [2.75, 3.05) is 13.9 Å². The van der Waals surface area contributed by atoms with Crippen molar-refractivity contribution in [3.63, 3.8) is 0 Å². The molecule has 132 valence electrons. The molecule has 1 aliphatic rings. The predicted molar refractivity (Wildman–Crippen MR) is 92.1 cm³/mol. The zero-order valence-corrected chi connectivity index (χ0v) is 14.3. The van der Waals surface area contributed by atoms with E-state index in [-0.39, 0.29) is 12.7 Å². The fraction of sp³-hybridized carbons (Fsp3) is 0.316. The van der Waals surface area contributed by atoms with Crippen LogP contribution in [0.4, 0.5) is 0 Å². The van der Waals surface area contributed by atoms with Gasteiger partial charge < -0.3 is 24.3 Å². The molecule has 0 radical (unpaired) electrons. The second kappa shape index (κ2) is 7.79. The van der Waals surface area contributed by atoms with Crippen molar-refractivity contribution in [3.8, 4) is 23.0 Å². The third kappa shape index (κ3) is 4.15. The van der Waals surface area contributed by atoms with Crippen molar-refractivity contribution in [1.82, 2.24) is 5.32 Å². The highest BCUT2D eigenvalue weighted by atomic mass is 16.7. The van der Waals surface area contributed by atoms with E-state index in [2.05, 4.69) is 5.32 Å². The SMILES string of the molecule is CC[C@@H](Oc1cccc(OC)c1)C(=O)NCc1ccc2c(c1)OCO2. The second-order valence-electron chi connectivity index (χ2n) is 5.60. The molecule has 1 aliphatic heterocycles. The van der Waals surface area contributed by atoms with E-state index in [1.165, 1.54) is 0 Å². The summed E-state index contributed by atoms with van der Waals surface area (Å²) in [5.74, 6) is 2.55. The first-order chi connectivity index (χ1) is 12.2. The lowest BCUT2D eigenvalue weighted by Crippen LogP contribution is -2.37. The van der Waals surface area contributed by atoms with Crippen LogP contribution in [0.5, 0.6) is 23.0 Å². The molecule has 0 unspecified atom stereocenters. The van der Waals surface area contributed by atoms with Crippen molar-refractivity contribution < 1.29 is 23.7 Å². The minimum atomic E-state index is -0.568. The Balaban J connectivity index is 1.58. The molecule has 2 aromatic carbocycles. The van der Waals surface area contributed by atoms with E-state index in [9.17, 15) is 4.79 Å². The lowest BCUT2D eigenvalue weighted by Gasteiger charge is -2.17. The Morgan fingerprint density at radius 3 is 2.76 bits per heavy atom. The van der Waals surface area contributed by atoms with E-state index in [1.54, 1.807) is 19.2 Å². The van der Waals surface area contributed by atoms with Crippen molar-refractivity contribution in [3.05, 3.63) is 48.0 Å². The van der Waals surface area contributed by atoms with Crippen LogP contribution in [-0.2, 0) is 11.3 Å². The van der Waals surface area contributed by atoms with E-state index in [0.29, 0.717) is 30.2 Å². The van der Waals surface area contributed by atoms with E-state index in [4.69, 9.17) is 18.9 Å². The average molecular weight is 343 g/mol. The van der Waals surface area contributed by atoms with E-state index >= 15 is 0 Å². The van der Waals surface area contributed by atoms with Gasteiger partial charge in [0.2, 0.25) is 6.79 Å². The maximum absolute atomic E-state index is 12.4. The number of nitrogens with one attached hydrogen (secondary N) is 1. The summed E-state index contributed by atoms with van der Waals surface area (Å²) in [4.78, 5) is 12.4. The normalized spacial score (nSPS) is 13.2. The quantitative estimate of drug-likeness (QED) is 0.837. The summed E-state index contributed by atoms with van der Waals surface area (Å²) in [6.45, 7) is 2.54. The monoisotopic (exact) mass is 343 g/mol. The maximum Gasteiger partial charge on any atom is 0.261 e. The van der Waals surface area contributed by atoms with Gasteiger partial charge in [-0.15, -0.1) is 0 Å². The average Bonchev–Trinajstić information content (AvgIpc) is 3.12. The zero-order valence-electron chi connectivity index (χ0n) is 14.3. The third-order valence-electron chi connectivity index (χ3n) is 3.89. The molecule has 0 spiro atoms. The van der Waals surface area contributed by atoms with Crippen LogP contribution < -0.4 is 24.3 Å². The van der Waals surface area contributed by atoms with Gasteiger partial charge in [-0.1, -0.05) is 19.1 Å². The molecule has 6 nitrogen and oxygen atoms in total. The fourth-order valence-electron chi connectivity index (χ4n) is 2.51. The summed E-state index contributed by atoms with van der Waals surface area (Å²) >= 11 is 0. The lowest BCUT2D eigenvalue weighted by molar-refractivity contribution is -0.128. The summed E-state index contributed by atoms with van der Waals surface area (Å²) < 4.78 is 21.6. The molecule has 1 N–H and O–H groups in total. The lowest BCUT2D eigenvalue weighted by atomic mass is 10.2. The first-order valence-electron chi connectivity index (χ1n) is 8.16. The molecule has 2 aromatic rings. The second-order valence-corrected chi connectivity index (χ2v) is 5.60. The van der Waals surface area contributed by atoms with E-state index in [0.717, 1.165) is 11.3 Å². The molecule has 0 bridgehead atoms. The Morgan fingerprint density at radius 1 is 1.16 bits per heavy atom. The van der Waals surface area contributed by atoms with Crippen molar-refractivity contribution in [1.29, 1.82) is 0 Å². The molecule has 0 fully saturated rings. The van der Waals surface area contributed by atoms with Gasteiger partial charge in [0.05, 0.1) is 7.11 Å². The number of hydrogen-bond donors (Lipinski definition) is 1. The molecule has 1 atom stereocenters. The number of amides is 1. The molecule has 3 rings (SSSR count). The largest absolute Gasteiger partial charge is 0.497 e. The van der Waals surface area contributed by atoms with Crippen LogP contribution in [0.15, 0.2) is 42.5 Å². The van der Waals surface area contributed by atoms with Crippen LogP contribution in [0.2, 0.25) is 0 Å². The van der Waals surface area contributed by atoms with Crippen LogP contribution in [-0.4, -0.2) is 25.9 Å². The van der Waals surface area contributed by atoms with E-state index in [1.807, 2.05) is 37.3 Å². The van der Waals surface area contributed by atoms with Gasteiger partial charge in [0.15, 0.2) is 17.6 Å². The molecule has 1 heterocycles. The molecule has 1 amide bonds. The Labute approximate surface area is 146 Å². The van der Waals surface area contributed by atoms with Crippen LogP contribution in [0.3, 0.4) is 0 Å². The first kappa shape index (κ1) is 17.0. The van der Waals surface area contributed by atoms with Gasteiger partial charge in [-0.3, -0.25) is 4.79 Å². The van der Waals surface area contributed by atoms with Gasteiger partial charge in [0.25, 0.3) is 5.91 Å². The number of carbonyl (C=O) groups is 1. The van der Waals surface area contributed by atoms with Crippen LogP contribution in [0, 0.1) is 0 Å². The van der Waals surface area contributed by atoms with Gasteiger partial charge >= 0.3 is 0 Å². The smallest absolute Gasteiger partial charge is 0.261 e. The molecular formula is C19H21NO5. The number of carbonyl (C=O) groups excluding carboxylic acids is 1. The Morgan fingerprint density at radius 2 is 1.96 bits per heavy atom. The predicted octanol–water partition coefficient (Wildman–Crippen LogP) is 2.90. The highest BCUT2D eigenvalue weighted by molar-refractivity contribution is 5.81. The standard InChI is InChI=1S/C19H21NO5/c1-3-16(25-15-6-4-5-14(10-15)22-2)19(21)20-11-13-7-8-17-18(9-13)24-12-23-17/h4-10,16H,3,11-12H2,1-2H3,(H,20,21)/t16-/m1/s1. The van der Waals surface area contributed by atoms with Gasteiger partial charge in [-0.2, -0.15) is 0 Å². The van der Waals surface area contributed by atoms with Gasteiger partial charge in [0, 0.05) is 12.6 Å². The van der Waals surface area contributed by atoms with Gasteiger partial charge in [0.1, 0.15) is 11.5 Å². The zero-order chi connectivity index (χ0) is 17.6. The molecular weight excluding hydrogens is 322 g/mol. The fourth-order valence-corrected chi connectivity index (χ4v) is 2.51. The summed E-state index contributed by atoms with van der Waals surface area (Å²) in [6, 6.07) is 12.8. The number of fused-ring (bicyclic) bond motifs is 1. The highest BCUT2D eigenvalue weighted by Gasteiger charge is 2.19. The minimum absolute atomic E-state index is 0.164. The van der Waals surface area contributed by atoms with Gasteiger partial charge in [-0.25, -0.2) is 0 Å². The molecule has 0 aliphatic carbocycles. The van der Waals surface area contributed by atoms with Crippen LogP contribution in [0.1, 0.15) is 18.9 Å². The van der Waals surface area contributed by atoms with Gasteiger partial charge in [-0.05, 0) is 36.2 Å². The molecule has 0 saturated heterocycles. The molecule has 6 heteroatoms. The summed E-state index contributed by atoms with van der Waals surface area (Å²) in [7, 11) is 1.59. The Hall–Kier alpha value is -2.89. The summed E-state index contributed by atoms with van der Waals surface area (Å²) in [6.07, 6.45) is -0.00871. The maximum atomic E-state index is 12.4. The first-order valence-corrected chi connectivity index (χ1v) is 8.16.